The average Bonchev–Trinajstić information content (AvgIpc) is 3.31. The average molecular weight is 321 g/mol. The third-order valence-electron chi connectivity index (χ3n) is 4.52. The van der Waals surface area contributed by atoms with Gasteiger partial charge in [0.15, 0.2) is 11.5 Å². The van der Waals surface area contributed by atoms with Crippen LogP contribution in [0.15, 0.2) is 41.6 Å². The molecule has 8 heteroatoms. The molecule has 1 aliphatic rings. The molecule has 120 valence electrons. The molecule has 0 saturated carbocycles. The van der Waals surface area contributed by atoms with E-state index in [9.17, 15) is 4.79 Å². The fourth-order valence-electron chi connectivity index (χ4n) is 3.35. The summed E-state index contributed by atoms with van der Waals surface area (Å²) in [5.41, 5.74) is 2.96. The van der Waals surface area contributed by atoms with Crippen molar-refractivity contribution in [3.63, 3.8) is 0 Å². The molecule has 0 aliphatic carbocycles. The molecule has 0 spiro atoms. The van der Waals surface area contributed by atoms with Gasteiger partial charge in [-0.05, 0) is 25.1 Å². The van der Waals surface area contributed by atoms with Gasteiger partial charge in [-0.3, -0.25) is 4.57 Å². The molecule has 0 bridgehead atoms. The summed E-state index contributed by atoms with van der Waals surface area (Å²) in [6.07, 6.45) is 6.23. The number of hydrogen-bond donors (Lipinski definition) is 2. The maximum absolute atomic E-state index is 12.3. The van der Waals surface area contributed by atoms with Gasteiger partial charge in [-0.1, -0.05) is 6.07 Å². The lowest BCUT2D eigenvalue weighted by molar-refractivity contribution is 0.542. The van der Waals surface area contributed by atoms with Crippen LogP contribution in [0.2, 0.25) is 0 Å². The lowest BCUT2D eigenvalue weighted by Crippen LogP contribution is -2.24. The van der Waals surface area contributed by atoms with Crippen molar-refractivity contribution in [2.24, 2.45) is 0 Å². The molecule has 1 unspecified atom stereocenters. The van der Waals surface area contributed by atoms with Gasteiger partial charge in [-0.15, -0.1) is 0 Å². The Kier molecular flexibility index (Phi) is 2.80. The number of pyridine rings is 1. The van der Waals surface area contributed by atoms with E-state index in [-0.39, 0.29) is 11.7 Å². The van der Waals surface area contributed by atoms with Gasteiger partial charge in [-0.2, -0.15) is 5.10 Å². The second-order valence-electron chi connectivity index (χ2n) is 5.97. The summed E-state index contributed by atoms with van der Waals surface area (Å²) in [5, 5.41) is 7.62. The molecular formula is C16H15N7O. The van der Waals surface area contributed by atoms with Crippen molar-refractivity contribution in [2.45, 2.75) is 12.5 Å². The van der Waals surface area contributed by atoms with Crippen LogP contribution in [0.4, 0.5) is 0 Å². The Morgan fingerprint density at radius 1 is 1.25 bits per heavy atom. The molecule has 5 heterocycles. The Morgan fingerprint density at radius 3 is 3.08 bits per heavy atom. The summed E-state index contributed by atoms with van der Waals surface area (Å²) in [4.78, 5) is 24.3. The lowest BCUT2D eigenvalue weighted by Gasteiger charge is -2.09. The van der Waals surface area contributed by atoms with Crippen molar-refractivity contribution >= 4 is 16.7 Å². The summed E-state index contributed by atoms with van der Waals surface area (Å²) in [5.74, 6) is 0.572. The van der Waals surface area contributed by atoms with Crippen LogP contribution in [0, 0.1) is 0 Å². The third-order valence-corrected chi connectivity index (χ3v) is 4.52. The number of fused-ring (bicyclic) bond motifs is 2. The van der Waals surface area contributed by atoms with Gasteiger partial charge in [0.25, 0.3) is 0 Å². The van der Waals surface area contributed by atoms with Crippen molar-refractivity contribution < 1.29 is 0 Å². The number of imidazole rings is 1. The molecule has 8 nitrogen and oxygen atoms in total. The molecule has 24 heavy (non-hydrogen) atoms. The normalized spacial score (nSPS) is 17.9. The molecule has 4 aromatic rings. The zero-order valence-corrected chi connectivity index (χ0v) is 12.8. The Balaban J connectivity index is 1.73. The van der Waals surface area contributed by atoms with Crippen LogP contribution >= 0.6 is 0 Å². The van der Waals surface area contributed by atoms with E-state index in [1.807, 2.05) is 24.4 Å². The molecule has 1 fully saturated rings. The van der Waals surface area contributed by atoms with Gasteiger partial charge in [0.2, 0.25) is 0 Å². The van der Waals surface area contributed by atoms with E-state index in [1.54, 1.807) is 21.5 Å². The highest BCUT2D eigenvalue weighted by Gasteiger charge is 2.22. The van der Waals surface area contributed by atoms with Crippen LogP contribution in [0.1, 0.15) is 12.5 Å². The highest BCUT2D eigenvalue weighted by Crippen LogP contribution is 2.24. The fraction of sp³-hybridized carbons (Fsp3) is 0.250. The number of H-pyrrole nitrogens is 1. The van der Waals surface area contributed by atoms with Gasteiger partial charge in [0.05, 0.1) is 29.5 Å². The summed E-state index contributed by atoms with van der Waals surface area (Å²) >= 11 is 0. The quantitative estimate of drug-likeness (QED) is 0.574. The summed E-state index contributed by atoms with van der Waals surface area (Å²) in [6, 6.07) is 5.97. The predicted molar refractivity (Wildman–Crippen MR) is 88.9 cm³/mol. The standard InChI is InChI=1S/C16H15N7O/c24-16-20-12-9-18-14(11-8-19-22-6-2-1-3-13(11)22)21-15(12)23(16)10-4-5-17-7-10/h1-3,6,8-10,17H,4-5,7H2,(H,20,24). The minimum absolute atomic E-state index is 0.123. The van der Waals surface area contributed by atoms with E-state index in [1.165, 1.54) is 0 Å². The maximum atomic E-state index is 12.3. The van der Waals surface area contributed by atoms with Crippen LogP contribution in [-0.4, -0.2) is 42.2 Å². The summed E-state index contributed by atoms with van der Waals surface area (Å²) in [6.45, 7) is 1.69. The van der Waals surface area contributed by atoms with Gasteiger partial charge >= 0.3 is 5.69 Å². The minimum Gasteiger partial charge on any atom is -0.315 e. The molecule has 1 saturated heterocycles. The van der Waals surface area contributed by atoms with Gasteiger partial charge in [0, 0.05) is 12.7 Å². The molecule has 0 radical (unpaired) electrons. The highest BCUT2D eigenvalue weighted by atomic mass is 16.1. The third kappa shape index (κ3) is 1.89. The van der Waals surface area contributed by atoms with Gasteiger partial charge in [-0.25, -0.2) is 19.3 Å². The van der Waals surface area contributed by atoms with Crippen LogP contribution in [0.25, 0.3) is 28.1 Å². The number of nitrogens with zero attached hydrogens (tertiary/aromatic N) is 5. The first-order chi connectivity index (χ1) is 11.8. The SMILES string of the molecule is O=c1[nH]c2cnc(-c3cnn4ccccc34)nc2n1C1CCNC1. The first-order valence-corrected chi connectivity index (χ1v) is 7.92. The Hall–Kier alpha value is -3.00. The lowest BCUT2D eigenvalue weighted by atomic mass is 10.2. The maximum Gasteiger partial charge on any atom is 0.328 e. The van der Waals surface area contributed by atoms with Crippen molar-refractivity contribution in [1.82, 2.24) is 34.4 Å². The summed E-state index contributed by atoms with van der Waals surface area (Å²) in [7, 11) is 0. The van der Waals surface area contributed by atoms with Crippen molar-refractivity contribution in [3.05, 3.63) is 47.3 Å². The van der Waals surface area contributed by atoms with E-state index in [2.05, 4.69) is 25.4 Å². The zero-order chi connectivity index (χ0) is 16.1. The number of aromatic nitrogens is 6. The molecule has 1 atom stereocenters. The van der Waals surface area contributed by atoms with Crippen LogP contribution in [0.5, 0.6) is 0 Å². The topological polar surface area (TPSA) is 92.9 Å². The number of aromatic amines is 1. The van der Waals surface area contributed by atoms with E-state index in [0.29, 0.717) is 17.0 Å². The monoisotopic (exact) mass is 321 g/mol. The van der Waals surface area contributed by atoms with Crippen molar-refractivity contribution in [2.75, 3.05) is 13.1 Å². The van der Waals surface area contributed by atoms with Crippen molar-refractivity contribution in [1.29, 1.82) is 0 Å². The fourth-order valence-corrected chi connectivity index (χ4v) is 3.35. The van der Waals surface area contributed by atoms with Crippen LogP contribution < -0.4 is 11.0 Å². The molecule has 0 aromatic carbocycles. The zero-order valence-electron chi connectivity index (χ0n) is 12.8. The number of rotatable bonds is 2. The predicted octanol–water partition coefficient (Wildman–Crippen LogP) is 0.969. The molecule has 1 aliphatic heterocycles. The number of nitrogens with one attached hydrogen (secondary N) is 2. The second kappa shape index (κ2) is 5.00. The van der Waals surface area contributed by atoms with E-state index < -0.39 is 0 Å². The Morgan fingerprint density at radius 2 is 2.21 bits per heavy atom. The number of hydrogen-bond acceptors (Lipinski definition) is 5. The Bertz CT molecular complexity index is 1100. The van der Waals surface area contributed by atoms with E-state index >= 15 is 0 Å². The van der Waals surface area contributed by atoms with E-state index in [4.69, 9.17) is 0 Å². The highest BCUT2D eigenvalue weighted by molar-refractivity contribution is 5.79. The van der Waals surface area contributed by atoms with Gasteiger partial charge < -0.3 is 10.3 Å². The first kappa shape index (κ1) is 13.4. The molecule has 0 amide bonds. The molecule has 2 N–H and O–H groups in total. The smallest absolute Gasteiger partial charge is 0.315 e. The second-order valence-corrected chi connectivity index (χ2v) is 5.97. The minimum atomic E-state index is -0.134. The largest absolute Gasteiger partial charge is 0.328 e. The van der Waals surface area contributed by atoms with Crippen molar-refractivity contribution in [3.8, 4) is 11.4 Å². The first-order valence-electron chi connectivity index (χ1n) is 7.92. The molecule has 4 aromatic heterocycles. The van der Waals surface area contributed by atoms with Gasteiger partial charge in [0.1, 0.15) is 5.52 Å². The Labute approximate surface area is 136 Å². The van der Waals surface area contributed by atoms with E-state index in [0.717, 1.165) is 30.6 Å². The van der Waals surface area contributed by atoms with Crippen LogP contribution in [0.3, 0.4) is 0 Å². The van der Waals surface area contributed by atoms with Crippen LogP contribution in [-0.2, 0) is 0 Å². The molecule has 5 rings (SSSR count). The summed E-state index contributed by atoms with van der Waals surface area (Å²) < 4.78 is 3.53. The molecular weight excluding hydrogens is 306 g/mol.